The molecule has 0 radical (unpaired) electrons. The van der Waals surface area contributed by atoms with Crippen LogP contribution in [-0.2, 0) is 11.3 Å². The van der Waals surface area contributed by atoms with Gasteiger partial charge in [-0.15, -0.1) is 5.10 Å². The van der Waals surface area contributed by atoms with Crippen molar-refractivity contribution in [2.75, 3.05) is 19.5 Å². The van der Waals surface area contributed by atoms with Crippen molar-refractivity contribution in [2.45, 2.75) is 20.4 Å². The topological polar surface area (TPSA) is 78.8 Å². The van der Waals surface area contributed by atoms with Gasteiger partial charge in [0.2, 0.25) is 0 Å². The Bertz CT molecular complexity index is 552. The highest BCUT2D eigenvalue weighted by Gasteiger charge is 2.14. The van der Waals surface area contributed by atoms with Crippen molar-refractivity contribution in [1.82, 2.24) is 20.2 Å². The van der Waals surface area contributed by atoms with Gasteiger partial charge in [-0.3, -0.25) is 0 Å². The van der Waals surface area contributed by atoms with E-state index in [0.717, 1.165) is 22.6 Å². The molecule has 0 aliphatic carbocycles. The number of methoxy groups -OCH3 is 1. The molecule has 1 aromatic carbocycles. The zero-order valence-corrected chi connectivity index (χ0v) is 11.5. The summed E-state index contributed by atoms with van der Waals surface area (Å²) in [6.07, 6.45) is 0. The highest BCUT2D eigenvalue weighted by molar-refractivity contribution is 5.67. The molecule has 102 valence electrons. The van der Waals surface area contributed by atoms with Gasteiger partial charge in [-0.25, -0.2) is 4.68 Å². The molecule has 0 aliphatic rings. The number of ether oxygens (including phenoxy) is 1. The van der Waals surface area contributed by atoms with Crippen LogP contribution in [0.25, 0.3) is 11.4 Å². The molecule has 0 spiro atoms. The Balaban J connectivity index is 2.31. The lowest BCUT2D eigenvalue weighted by Crippen LogP contribution is -2.15. The zero-order valence-electron chi connectivity index (χ0n) is 11.5. The molecule has 0 fully saturated rings. The number of nitrogens with zero attached hydrogens (tertiary/aromatic N) is 4. The van der Waals surface area contributed by atoms with Gasteiger partial charge in [0.15, 0.2) is 5.82 Å². The summed E-state index contributed by atoms with van der Waals surface area (Å²) in [5.74, 6) is 1.08. The molecule has 1 aromatic heterocycles. The van der Waals surface area contributed by atoms with E-state index in [2.05, 4.69) is 22.4 Å². The fraction of sp³-hybridized carbons (Fsp3) is 0.462. The minimum atomic E-state index is 0.341. The lowest BCUT2D eigenvalue weighted by molar-refractivity contribution is 0.149. The molecule has 0 saturated heterocycles. The lowest BCUT2D eigenvalue weighted by Gasteiger charge is -2.12. The molecule has 6 heteroatoms. The monoisotopic (exact) mass is 261 g/mol. The van der Waals surface area contributed by atoms with E-state index in [1.807, 2.05) is 25.1 Å². The smallest absolute Gasteiger partial charge is 0.182 e. The summed E-state index contributed by atoms with van der Waals surface area (Å²) >= 11 is 0. The second-order valence-electron chi connectivity index (χ2n) is 4.76. The first-order valence-corrected chi connectivity index (χ1v) is 6.24. The Morgan fingerprint density at radius 3 is 2.95 bits per heavy atom. The second kappa shape index (κ2) is 5.79. The summed E-state index contributed by atoms with van der Waals surface area (Å²) in [7, 11) is 1.69. The summed E-state index contributed by atoms with van der Waals surface area (Å²) in [4.78, 5) is 0. The van der Waals surface area contributed by atoms with Crippen molar-refractivity contribution in [3.05, 3.63) is 23.8 Å². The third-order valence-electron chi connectivity index (χ3n) is 3.08. The van der Waals surface area contributed by atoms with Crippen LogP contribution in [0.1, 0.15) is 12.5 Å². The highest BCUT2D eigenvalue weighted by Crippen LogP contribution is 2.25. The molecular formula is C13H19N5O. The molecule has 0 bridgehead atoms. The number of anilines is 1. The molecule has 2 N–H and O–H groups in total. The largest absolute Gasteiger partial charge is 0.398 e. The van der Waals surface area contributed by atoms with E-state index >= 15 is 0 Å². The van der Waals surface area contributed by atoms with Gasteiger partial charge in [0.05, 0.1) is 6.61 Å². The van der Waals surface area contributed by atoms with E-state index in [1.165, 1.54) is 0 Å². The van der Waals surface area contributed by atoms with Crippen molar-refractivity contribution >= 4 is 5.69 Å². The Morgan fingerprint density at radius 2 is 2.21 bits per heavy atom. The van der Waals surface area contributed by atoms with Crippen LogP contribution in [0.4, 0.5) is 5.69 Å². The third-order valence-corrected chi connectivity index (χ3v) is 3.08. The van der Waals surface area contributed by atoms with Crippen LogP contribution in [0.5, 0.6) is 0 Å². The third kappa shape index (κ3) is 2.90. The molecule has 0 aliphatic heterocycles. The van der Waals surface area contributed by atoms with E-state index in [9.17, 15) is 0 Å². The zero-order chi connectivity index (χ0) is 13.8. The number of tetrazole rings is 1. The van der Waals surface area contributed by atoms with E-state index < -0.39 is 0 Å². The highest BCUT2D eigenvalue weighted by atomic mass is 16.5. The van der Waals surface area contributed by atoms with Gasteiger partial charge in [-0.05, 0) is 34.9 Å². The second-order valence-corrected chi connectivity index (χ2v) is 4.76. The molecule has 6 nitrogen and oxygen atoms in total. The summed E-state index contributed by atoms with van der Waals surface area (Å²) < 4.78 is 6.94. The first-order chi connectivity index (χ1) is 9.13. The predicted molar refractivity (Wildman–Crippen MR) is 73.4 cm³/mol. The van der Waals surface area contributed by atoms with Crippen molar-refractivity contribution in [2.24, 2.45) is 5.92 Å². The molecule has 1 atom stereocenters. The van der Waals surface area contributed by atoms with Crippen molar-refractivity contribution in [1.29, 1.82) is 0 Å². The summed E-state index contributed by atoms with van der Waals surface area (Å²) in [5, 5.41) is 11.9. The number of benzene rings is 1. The molecule has 0 amide bonds. The van der Waals surface area contributed by atoms with Gasteiger partial charge < -0.3 is 10.5 Å². The van der Waals surface area contributed by atoms with Gasteiger partial charge >= 0.3 is 0 Å². The van der Waals surface area contributed by atoms with E-state index in [1.54, 1.807) is 11.8 Å². The lowest BCUT2D eigenvalue weighted by atomic mass is 10.1. The number of nitrogens with two attached hydrogens (primary N) is 1. The minimum Gasteiger partial charge on any atom is -0.398 e. The fourth-order valence-electron chi connectivity index (χ4n) is 2.05. The molecule has 2 aromatic rings. The number of rotatable bonds is 5. The maximum Gasteiger partial charge on any atom is 0.182 e. The predicted octanol–water partition coefficient (Wildman–Crippen LogP) is 1.51. The standard InChI is InChI=1S/C13H19N5O/c1-9(8-19-3)7-18-13(15-16-17-18)11-5-4-6-12(14)10(11)2/h4-6,9H,7-8,14H2,1-3H3. The summed E-state index contributed by atoms with van der Waals surface area (Å²) in [6, 6.07) is 5.77. The van der Waals surface area contributed by atoms with Crippen LogP contribution in [0.3, 0.4) is 0 Å². The van der Waals surface area contributed by atoms with Crippen molar-refractivity contribution in [3.63, 3.8) is 0 Å². The van der Waals surface area contributed by atoms with Crippen LogP contribution >= 0.6 is 0 Å². The fourth-order valence-corrected chi connectivity index (χ4v) is 2.05. The maximum atomic E-state index is 5.93. The Labute approximate surface area is 112 Å². The molecule has 1 heterocycles. The van der Waals surface area contributed by atoms with Crippen LogP contribution < -0.4 is 5.73 Å². The molecule has 19 heavy (non-hydrogen) atoms. The van der Waals surface area contributed by atoms with Gasteiger partial charge in [-0.2, -0.15) is 0 Å². The minimum absolute atomic E-state index is 0.341. The van der Waals surface area contributed by atoms with Gasteiger partial charge in [0.25, 0.3) is 0 Å². The first kappa shape index (κ1) is 13.5. The molecule has 2 rings (SSSR count). The average molecular weight is 261 g/mol. The average Bonchev–Trinajstić information content (AvgIpc) is 2.81. The van der Waals surface area contributed by atoms with Crippen molar-refractivity contribution in [3.8, 4) is 11.4 Å². The van der Waals surface area contributed by atoms with Crippen LogP contribution in [-0.4, -0.2) is 33.9 Å². The van der Waals surface area contributed by atoms with E-state index in [-0.39, 0.29) is 0 Å². The number of nitrogen functional groups attached to an aromatic ring is 1. The van der Waals surface area contributed by atoms with Gasteiger partial charge in [0.1, 0.15) is 0 Å². The van der Waals surface area contributed by atoms with Crippen LogP contribution in [0, 0.1) is 12.8 Å². The number of hydrogen-bond donors (Lipinski definition) is 1. The Kier molecular flexibility index (Phi) is 4.11. The summed E-state index contributed by atoms with van der Waals surface area (Å²) in [5.41, 5.74) is 8.64. The SMILES string of the molecule is COCC(C)Cn1nnnc1-c1cccc(N)c1C. The van der Waals surface area contributed by atoms with Crippen LogP contribution in [0.15, 0.2) is 18.2 Å². The number of hydrogen-bond acceptors (Lipinski definition) is 5. The van der Waals surface area contributed by atoms with Gasteiger partial charge in [0, 0.05) is 24.9 Å². The van der Waals surface area contributed by atoms with Crippen molar-refractivity contribution < 1.29 is 4.74 Å². The van der Waals surface area contributed by atoms with E-state index in [4.69, 9.17) is 10.5 Å². The molecular weight excluding hydrogens is 242 g/mol. The number of aromatic nitrogens is 4. The van der Waals surface area contributed by atoms with Crippen LogP contribution in [0.2, 0.25) is 0 Å². The molecule has 0 saturated carbocycles. The van der Waals surface area contributed by atoms with Gasteiger partial charge in [-0.1, -0.05) is 19.1 Å². The molecule has 1 unspecified atom stereocenters. The normalized spacial score (nSPS) is 12.6. The Morgan fingerprint density at radius 1 is 1.42 bits per heavy atom. The Hall–Kier alpha value is -1.95. The quantitative estimate of drug-likeness (QED) is 0.825. The summed E-state index contributed by atoms with van der Waals surface area (Å²) in [6.45, 7) is 5.46. The first-order valence-electron chi connectivity index (χ1n) is 6.24. The van der Waals surface area contributed by atoms with E-state index in [0.29, 0.717) is 19.1 Å². The maximum absolute atomic E-state index is 5.93.